The molecule has 0 aromatic carbocycles. The van der Waals surface area contributed by atoms with Gasteiger partial charge in [-0.15, -0.1) is 0 Å². The van der Waals surface area contributed by atoms with Crippen LogP contribution in [0.5, 0.6) is 0 Å². The molecule has 0 radical (unpaired) electrons. The highest BCUT2D eigenvalue weighted by Crippen LogP contribution is 2.50. The molecule has 0 unspecified atom stereocenters. The van der Waals surface area contributed by atoms with Gasteiger partial charge in [0.05, 0.1) is 18.8 Å². The molecule has 0 bridgehead atoms. The third-order valence-corrected chi connectivity index (χ3v) is 4.47. The van der Waals surface area contributed by atoms with E-state index in [1.54, 1.807) is 40.0 Å². The standard InChI is InChI=1S/C14H25N2O5P/c1-11(2)20-22(18,21-12(3)4)10-19-8-7-16-6-5-13(15)9-14(16)17/h5-6,9,11-12H,7-8,10,15H2,1-4H3. The minimum atomic E-state index is -3.30. The third-order valence-electron chi connectivity index (χ3n) is 2.49. The van der Waals surface area contributed by atoms with Crippen molar-refractivity contribution < 1.29 is 18.3 Å². The molecule has 2 N–H and O–H groups in total. The van der Waals surface area contributed by atoms with Crippen LogP contribution in [-0.2, 0) is 24.9 Å². The number of nitrogen functional groups attached to an aromatic ring is 1. The Balaban J connectivity index is 2.52. The number of nitrogens with two attached hydrogens (primary N) is 1. The van der Waals surface area contributed by atoms with Crippen LogP contribution in [0.15, 0.2) is 23.1 Å². The van der Waals surface area contributed by atoms with Crippen molar-refractivity contribution in [2.75, 3.05) is 18.7 Å². The van der Waals surface area contributed by atoms with E-state index < -0.39 is 7.60 Å². The lowest BCUT2D eigenvalue weighted by atomic mass is 10.4. The molecule has 0 amide bonds. The summed E-state index contributed by atoms with van der Waals surface area (Å²) in [6.07, 6.45) is 0.990. The fourth-order valence-electron chi connectivity index (χ4n) is 1.78. The van der Waals surface area contributed by atoms with Crippen LogP contribution < -0.4 is 11.3 Å². The molecule has 0 aliphatic rings. The van der Waals surface area contributed by atoms with Gasteiger partial charge in [-0.25, -0.2) is 0 Å². The van der Waals surface area contributed by atoms with E-state index in [-0.39, 0.29) is 30.7 Å². The first kappa shape index (κ1) is 18.9. The van der Waals surface area contributed by atoms with Crippen molar-refractivity contribution in [3.63, 3.8) is 0 Å². The van der Waals surface area contributed by atoms with Crippen molar-refractivity contribution in [2.24, 2.45) is 0 Å². The second-order valence-electron chi connectivity index (χ2n) is 5.45. The number of hydrogen-bond donors (Lipinski definition) is 1. The lowest BCUT2D eigenvalue weighted by molar-refractivity contribution is 0.0956. The Hall–Kier alpha value is -1.14. The number of aromatic nitrogens is 1. The molecule has 0 saturated carbocycles. The molecule has 1 aromatic rings. The zero-order chi connectivity index (χ0) is 16.8. The molecule has 0 spiro atoms. The van der Waals surface area contributed by atoms with Gasteiger partial charge in [0.15, 0.2) is 0 Å². The van der Waals surface area contributed by atoms with Gasteiger partial charge in [0.1, 0.15) is 6.35 Å². The van der Waals surface area contributed by atoms with Gasteiger partial charge in [0.2, 0.25) is 0 Å². The molecule has 1 rings (SSSR count). The number of hydrogen-bond acceptors (Lipinski definition) is 6. The lowest BCUT2D eigenvalue weighted by Gasteiger charge is -2.22. The topological polar surface area (TPSA) is 92.8 Å². The number of ether oxygens (including phenoxy) is 1. The summed E-state index contributed by atoms with van der Waals surface area (Å²) in [4.78, 5) is 11.6. The Morgan fingerprint density at radius 2 is 1.82 bits per heavy atom. The summed E-state index contributed by atoms with van der Waals surface area (Å²) >= 11 is 0. The number of anilines is 1. The minimum Gasteiger partial charge on any atom is -0.399 e. The Morgan fingerprint density at radius 1 is 1.23 bits per heavy atom. The Labute approximate surface area is 130 Å². The maximum atomic E-state index is 12.5. The molecule has 1 aromatic heterocycles. The molecule has 126 valence electrons. The van der Waals surface area contributed by atoms with Crippen LogP contribution in [0.4, 0.5) is 5.69 Å². The quantitative estimate of drug-likeness (QED) is 0.551. The van der Waals surface area contributed by atoms with Gasteiger partial charge in [-0.3, -0.25) is 9.36 Å². The Morgan fingerprint density at radius 3 is 2.32 bits per heavy atom. The second kappa shape index (κ2) is 8.48. The van der Waals surface area contributed by atoms with Crippen LogP contribution in [0.3, 0.4) is 0 Å². The van der Waals surface area contributed by atoms with Crippen molar-refractivity contribution in [2.45, 2.75) is 46.4 Å². The van der Waals surface area contributed by atoms with Gasteiger partial charge in [-0.05, 0) is 33.8 Å². The lowest BCUT2D eigenvalue weighted by Crippen LogP contribution is -2.22. The summed E-state index contributed by atoms with van der Waals surface area (Å²) < 4.78 is 30.1. The zero-order valence-corrected chi connectivity index (χ0v) is 14.4. The molecule has 0 atom stereocenters. The normalized spacial score (nSPS) is 12.3. The highest BCUT2D eigenvalue weighted by Gasteiger charge is 2.28. The van der Waals surface area contributed by atoms with Crippen molar-refractivity contribution in [3.05, 3.63) is 28.7 Å². The fraction of sp³-hybridized carbons (Fsp3) is 0.643. The minimum absolute atomic E-state index is 0.146. The zero-order valence-electron chi connectivity index (χ0n) is 13.5. The highest BCUT2D eigenvalue weighted by molar-refractivity contribution is 7.53. The van der Waals surface area contributed by atoms with Crippen molar-refractivity contribution >= 4 is 13.3 Å². The smallest absolute Gasteiger partial charge is 0.356 e. The second-order valence-corrected chi connectivity index (χ2v) is 7.35. The Bertz CT molecular complexity index is 557. The monoisotopic (exact) mass is 332 g/mol. The van der Waals surface area contributed by atoms with E-state index in [9.17, 15) is 9.36 Å². The fourth-order valence-corrected chi connectivity index (χ4v) is 3.58. The van der Waals surface area contributed by atoms with E-state index in [4.69, 9.17) is 19.5 Å². The molecule has 0 fully saturated rings. The van der Waals surface area contributed by atoms with Gasteiger partial charge in [-0.1, -0.05) is 0 Å². The Kier molecular flexibility index (Phi) is 7.29. The molecule has 1 heterocycles. The summed E-state index contributed by atoms with van der Waals surface area (Å²) in [7, 11) is -3.30. The summed E-state index contributed by atoms with van der Waals surface area (Å²) in [5, 5.41) is 0. The van der Waals surface area contributed by atoms with E-state index in [1.807, 2.05) is 0 Å². The first-order chi connectivity index (χ1) is 10.2. The molecule has 0 saturated heterocycles. The van der Waals surface area contributed by atoms with E-state index in [1.165, 1.54) is 10.6 Å². The van der Waals surface area contributed by atoms with Crippen LogP contribution in [0.1, 0.15) is 27.7 Å². The van der Waals surface area contributed by atoms with Crippen molar-refractivity contribution in [1.29, 1.82) is 0 Å². The SMILES string of the molecule is CC(C)OP(=O)(COCCn1ccc(N)cc1=O)OC(C)C. The van der Waals surface area contributed by atoms with Gasteiger partial charge in [0.25, 0.3) is 5.56 Å². The maximum absolute atomic E-state index is 12.5. The van der Waals surface area contributed by atoms with Crippen LogP contribution in [0, 0.1) is 0 Å². The first-order valence-electron chi connectivity index (χ1n) is 7.21. The van der Waals surface area contributed by atoms with Gasteiger partial charge in [0, 0.05) is 24.5 Å². The van der Waals surface area contributed by atoms with Crippen LogP contribution >= 0.6 is 7.60 Å². The summed E-state index contributed by atoms with van der Waals surface area (Å²) in [5.41, 5.74) is 5.73. The maximum Gasteiger partial charge on any atom is 0.356 e. The molecule has 8 heteroatoms. The summed E-state index contributed by atoms with van der Waals surface area (Å²) in [6, 6.07) is 2.98. The number of pyridine rings is 1. The van der Waals surface area contributed by atoms with Gasteiger partial charge >= 0.3 is 7.60 Å². The molecule has 0 aliphatic carbocycles. The predicted octanol–water partition coefficient (Wildman–Crippen LogP) is 2.45. The average molecular weight is 332 g/mol. The predicted molar refractivity (Wildman–Crippen MR) is 86.0 cm³/mol. The average Bonchev–Trinajstić information content (AvgIpc) is 2.34. The third kappa shape index (κ3) is 6.75. The van der Waals surface area contributed by atoms with E-state index in [0.717, 1.165) is 0 Å². The van der Waals surface area contributed by atoms with Crippen molar-refractivity contribution in [1.82, 2.24) is 4.57 Å². The van der Waals surface area contributed by atoms with E-state index in [2.05, 4.69) is 0 Å². The molecule has 22 heavy (non-hydrogen) atoms. The van der Waals surface area contributed by atoms with Crippen LogP contribution in [0.25, 0.3) is 0 Å². The summed E-state index contributed by atoms with van der Waals surface area (Å²) in [6.45, 7) is 7.68. The number of rotatable bonds is 9. The van der Waals surface area contributed by atoms with E-state index >= 15 is 0 Å². The van der Waals surface area contributed by atoms with Gasteiger partial charge < -0.3 is 24.1 Å². The largest absolute Gasteiger partial charge is 0.399 e. The van der Waals surface area contributed by atoms with Crippen LogP contribution in [0.2, 0.25) is 0 Å². The highest BCUT2D eigenvalue weighted by atomic mass is 31.2. The molecular formula is C14H25N2O5P. The molecule has 7 nitrogen and oxygen atoms in total. The number of nitrogens with zero attached hydrogens (tertiary/aromatic N) is 1. The molecular weight excluding hydrogens is 307 g/mol. The van der Waals surface area contributed by atoms with E-state index in [0.29, 0.717) is 12.2 Å². The molecule has 0 aliphatic heterocycles. The first-order valence-corrected chi connectivity index (χ1v) is 8.94. The summed E-state index contributed by atoms with van der Waals surface area (Å²) in [5.74, 6) is 0. The van der Waals surface area contributed by atoms with Crippen LogP contribution in [-0.4, -0.2) is 29.7 Å². The van der Waals surface area contributed by atoms with Crippen molar-refractivity contribution in [3.8, 4) is 0 Å². The van der Waals surface area contributed by atoms with Gasteiger partial charge in [-0.2, -0.15) is 0 Å².